The molecular weight excluding hydrogens is 383 g/mol. The molecule has 2 heterocycles. The quantitative estimate of drug-likeness (QED) is 0.650. The van der Waals surface area contributed by atoms with Crippen LogP contribution >= 0.6 is 0 Å². The first-order chi connectivity index (χ1) is 14.5. The molecule has 4 rings (SSSR count). The van der Waals surface area contributed by atoms with Crippen LogP contribution in [0.15, 0.2) is 47.1 Å². The number of aromatic nitrogens is 2. The highest BCUT2D eigenvalue weighted by Gasteiger charge is 2.29. The first kappa shape index (κ1) is 20.3. The van der Waals surface area contributed by atoms with Gasteiger partial charge in [0.15, 0.2) is 5.69 Å². The van der Waals surface area contributed by atoms with E-state index in [-0.39, 0.29) is 17.8 Å². The predicted molar refractivity (Wildman–Crippen MR) is 112 cm³/mol. The van der Waals surface area contributed by atoms with E-state index in [4.69, 9.17) is 4.42 Å². The molecule has 1 N–H and O–H groups in total. The summed E-state index contributed by atoms with van der Waals surface area (Å²) in [4.78, 5) is 14.7. The predicted octanol–water partition coefficient (Wildman–Crippen LogP) is 3.11. The fraction of sp³-hybridized carbons (Fsp3) is 0.391. The monoisotopic (exact) mass is 410 g/mol. The minimum absolute atomic E-state index is 0.0938. The molecule has 0 spiro atoms. The Morgan fingerprint density at radius 1 is 1.37 bits per heavy atom. The van der Waals surface area contributed by atoms with Crippen molar-refractivity contribution in [2.45, 2.75) is 38.3 Å². The van der Waals surface area contributed by atoms with Crippen LogP contribution in [0, 0.1) is 5.82 Å². The molecule has 1 unspecified atom stereocenters. The number of furan rings is 1. The van der Waals surface area contributed by atoms with Crippen molar-refractivity contribution in [1.82, 2.24) is 20.0 Å². The molecule has 0 saturated carbocycles. The Balaban J connectivity index is 1.40. The summed E-state index contributed by atoms with van der Waals surface area (Å²) in [5.74, 6) is 0.447. The smallest absolute Gasteiger partial charge is 0.274 e. The molecule has 0 radical (unpaired) electrons. The largest absolute Gasteiger partial charge is 0.467 e. The maximum atomic E-state index is 13.3. The lowest BCUT2D eigenvalue weighted by Gasteiger charge is -2.25. The molecule has 1 aromatic carbocycles. The topological polar surface area (TPSA) is 63.3 Å². The van der Waals surface area contributed by atoms with Crippen molar-refractivity contribution in [2.75, 3.05) is 13.6 Å². The highest BCUT2D eigenvalue weighted by atomic mass is 19.1. The molecule has 0 aliphatic heterocycles. The number of rotatable bonds is 7. The summed E-state index contributed by atoms with van der Waals surface area (Å²) in [5.41, 5.74) is 3.67. The minimum Gasteiger partial charge on any atom is -0.467 e. The van der Waals surface area contributed by atoms with Crippen LogP contribution in [0.2, 0.25) is 0 Å². The number of nitrogens with zero attached hydrogens (tertiary/aromatic N) is 3. The van der Waals surface area contributed by atoms with E-state index in [2.05, 4.69) is 10.4 Å². The molecule has 0 saturated heterocycles. The standard InChI is InChI=1S/C23H27FN4O2/c1-27(15-19-7-4-12-30-19)23(29)22-20-14-18(8-9-21(20)28(2)26-22)25-11-10-16-5-3-6-17(24)13-16/h3-7,12-13,18,25H,8-11,14-15H2,1-2H3. The van der Waals surface area contributed by atoms with Crippen molar-refractivity contribution in [3.63, 3.8) is 0 Å². The number of hydrogen-bond acceptors (Lipinski definition) is 4. The van der Waals surface area contributed by atoms with E-state index in [9.17, 15) is 9.18 Å². The molecule has 0 fully saturated rings. The first-order valence-electron chi connectivity index (χ1n) is 10.3. The summed E-state index contributed by atoms with van der Waals surface area (Å²) in [6, 6.07) is 10.7. The van der Waals surface area contributed by atoms with E-state index in [1.54, 1.807) is 30.3 Å². The van der Waals surface area contributed by atoms with Crippen LogP contribution in [-0.4, -0.2) is 40.2 Å². The Kier molecular flexibility index (Phi) is 5.99. The maximum absolute atomic E-state index is 13.3. The zero-order valence-electron chi connectivity index (χ0n) is 17.4. The van der Waals surface area contributed by atoms with E-state index in [1.807, 2.05) is 29.9 Å². The van der Waals surface area contributed by atoms with E-state index in [0.717, 1.165) is 54.8 Å². The van der Waals surface area contributed by atoms with Gasteiger partial charge < -0.3 is 14.6 Å². The van der Waals surface area contributed by atoms with Crippen LogP contribution in [0.4, 0.5) is 4.39 Å². The van der Waals surface area contributed by atoms with E-state index in [0.29, 0.717) is 12.2 Å². The zero-order valence-corrected chi connectivity index (χ0v) is 17.4. The number of amides is 1. The fourth-order valence-corrected chi connectivity index (χ4v) is 4.14. The number of carbonyl (C=O) groups excluding carboxylic acids is 1. The summed E-state index contributed by atoms with van der Waals surface area (Å²) in [5, 5.41) is 8.11. The fourth-order valence-electron chi connectivity index (χ4n) is 4.14. The van der Waals surface area contributed by atoms with Gasteiger partial charge in [-0.25, -0.2) is 4.39 Å². The second kappa shape index (κ2) is 8.83. The Morgan fingerprint density at radius 3 is 3.00 bits per heavy atom. The van der Waals surface area contributed by atoms with Crippen LogP contribution in [0.5, 0.6) is 0 Å². The lowest BCUT2D eigenvalue weighted by molar-refractivity contribution is 0.0767. The summed E-state index contributed by atoms with van der Waals surface area (Å²) in [6.07, 6.45) is 5.02. The number of hydrogen-bond donors (Lipinski definition) is 1. The molecule has 2 aromatic heterocycles. The van der Waals surface area contributed by atoms with Gasteiger partial charge in [-0.3, -0.25) is 9.48 Å². The van der Waals surface area contributed by atoms with Gasteiger partial charge in [-0.1, -0.05) is 12.1 Å². The van der Waals surface area contributed by atoms with Crippen molar-refractivity contribution in [2.24, 2.45) is 7.05 Å². The highest BCUT2D eigenvalue weighted by Crippen LogP contribution is 2.25. The molecule has 6 nitrogen and oxygen atoms in total. The molecule has 1 atom stereocenters. The molecule has 0 bridgehead atoms. The second-order valence-electron chi connectivity index (χ2n) is 7.91. The summed E-state index contributed by atoms with van der Waals surface area (Å²) in [7, 11) is 3.67. The van der Waals surface area contributed by atoms with Crippen LogP contribution < -0.4 is 5.32 Å². The normalized spacial score (nSPS) is 15.8. The second-order valence-corrected chi connectivity index (χ2v) is 7.91. The molecule has 7 heteroatoms. The Bertz CT molecular complexity index is 1010. The van der Waals surface area contributed by atoms with E-state index in [1.165, 1.54) is 6.07 Å². The molecule has 1 aliphatic carbocycles. The summed E-state index contributed by atoms with van der Waals surface area (Å²) < 4.78 is 20.5. The van der Waals surface area contributed by atoms with Crippen molar-refractivity contribution in [1.29, 1.82) is 0 Å². The molecule has 3 aromatic rings. The van der Waals surface area contributed by atoms with Crippen molar-refractivity contribution in [3.05, 3.63) is 76.8 Å². The van der Waals surface area contributed by atoms with Gasteiger partial charge in [0.05, 0.1) is 12.8 Å². The average Bonchev–Trinajstić information content (AvgIpc) is 3.35. The van der Waals surface area contributed by atoms with Gasteiger partial charge in [0.2, 0.25) is 0 Å². The van der Waals surface area contributed by atoms with Crippen molar-refractivity contribution in [3.8, 4) is 0 Å². The van der Waals surface area contributed by atoms with Gasteiger partial charge in [0, 0.05) is 31.4 Å². The lowest BCUT2D eigenvalue weighted by Crippen LogP contribution is -2.37. The SMILES string of the molecule is CN(Cc1ccco1)C(=O)c1nn(C)c2c1CC(NCCc1cccc(F)c1)CC2. The molecule has 158 valence electrons. The van der Waals surface area contributed by atoms with Gasteiger partial charge >= 0.3 is 0 Å². The molecule has 1 amide bonds. The van der Waals surface area contributed by atoms with Gasteiger partial charge in [-0.2, -0.15) is 5.10 Å². The van der Waals surface area contributed by atoms with Crippen LogP contribution in [0.1, 0.15) is 39.5 Å². The number of nitrogens with one attached hydrogen (secondary N) is 1. The van der Waals surface area contributed by atoms with Crippen molar-refractivity contribution >= 4 is 5.91 Å². The third-order valence-corrected chi connectivity index (χ3v) is 5.71. The van der Waals surface area contributed by atoms with Gasteiger partial charge in [-0.15, -0.1) is 0 Å². The van der Waals surface area contributed by atoms with Crippen LogP contribution in [0.3, 0.4) is 0 Å². The van der Waals surface area contributed by atoms with Crippen LogP contribution in [0.25, 0.3) is 0 Å². The van der Waals surface area contributed by atoms with Crippen molar-refractivity contribution < 1.29 is 13.6 Å². The Hall–Kier alpha value is -2.93. The Morgan fingerprint density at radius 2 is 2.23 bits per heavy atom. The first-order valence-corrected chi connectivity index (χ1v) is 10.3. The lowest BCUT2D eigenvalue weighted by atomic mass is 9.91. The number of aryl methyl sites for hydroxylation is 1. The molecule has 30 heavy (non-hydrogen) atoms. The van der Waals surface area contributed by atoms with E-state index < -0.39 is 0 Å². The number of halogens is 1. The van der Waals surface area contributed by atoms with Gasteiger partial charge in [0.1, 0.15) is 11.6 Å². The summed E-state index contributed by atoms with van der Waals surface area (Å²) in [6.45, 7) is 1.18. The maximum Gasteiger partial charge on any atom is 0.274 e. The van der Waals surface area contributed by atoms with E-state index >= 15 is 0 Å². The summed E-state index contributed by atoms with van der Waals surface area (Å²) >= 11 is 0. The molecular formula is C23H27FN4O2. The van der Waals surface area contributed by atoms with Gasteiger partial charge in [-0.05, 0) is 62.1 Å². The average molecular weight is 410 g/mol. The van der Waals surface area contributed by atoms with Crippen LogP contribution in [-0.2, 0) is 32.9 Å². The number of benzene rings is 1. The van der Waals surface area contributed by atoms with Gasteiger partial charge in [0.25, 0.3) is 5.91 Å². The molecule has 1 aliphatic rings. The number of fused-ring (bicyclic) bond motifs is 1. The minimum atomic E-state index is -0.202. The third-order valence-electron chi connectivity index (χ3n) is 5.71. The highest BCUT2D eigenvalue weighted by molar-refractivity contribution is 5.94. The zero-order chi connectivity index (χ0) is 21.1. The third kappa shape index (κ3) is 4.46. The Labute approximate surface area is 175 Å². The number of carbonyl (C=O) groups is 1.